The van der Waals surface area contributed by atoms with Crippen molar-refractivity contribution in [3.8, 4) is 11.1 Å². The Morgan fingerprint density at radius 3 is 2.42 bits per heavy atom. The van der Waals surface area contributed by atoms with Gasteiger partial charge in [-0.05, 0) is 17.2 Å². The lowest BCUT2D eigenvalue weighted by Crippen LogP contribution is -2.21. The van der Waals surface area contributed by atoms with Crippen LogP contribution in [0.3, 0.4) is 0 Å². The maximum atomic E-state index is 7.37. The topological polar surface area (TPSA) is 7.60 Å². The minimum Gasteiger partial charge on any atom is -0.340 e. The fourth-order valence-corrected chi connectivity index (χ4v) is 3.71. The lowest BCUT2D eigenvalue weighted by Gasteiger charge is -2.31. The molecule has 2 aliphatic rings. The predicted octanol–water partition coefficient (Wildman–Crippen LogP) is 4.42. The van der Waals surface area contributed by atoms with Crippen LogP contribution in [0.1, 0.15) is 5.56 Å². The first-order valence-corrected chi connectivity index (χ1v) is 7.09. The molecule has 0 saturated heterocycles. The zero-order chi connectivity index (χ0) is 12.8. The van der Waals surface area contributed by atoms with Gasteiger partial charge in [0.05, 0.1) is 18.1 Å². The van der Waals surface area contributed by atoms with Crippen LogP contribution in [0.2, 0.25) is 0 Å². The molecule has 19 heavy (non-hydrogen) atoms. The molecule has 2 heterocycles. The minimum absolute atomic E-state index is 0.807. The molecule has 90 valence electrons. The number of hydrogen-bond donors (Lipinski definition) is 0. The van der Waals surface area contributed by atoms with Crippen molar-refractivity contribution in [2.75, 3.05) is 10.8 Å². The Labute approximate surface area is 116 Å². The van der Waals surface area contributed by atoms with Crippen molar-refractivity contribution < 1.29 is 0 Å². The highest BCUT2D eigenvalue weighted by Crippen LogP contribution is 2.50. The Bertz CT molecular complexity index is 755. The first-order chi connectivity index (χ1) is 9.40. The largest absolute Gasteiger partial charge is 0.340 e. The number of benzene rings is 2. The lowest BCUT2D eigenvalue weighted by molar-refractivity contribution is 1.18. The summed E-state index contributed by atoms with van der Waals surface area (Å²) in [5.74, 6) is 0.832. The van der Waals surface area contributed by atoms with E-state index in [1.165, 1.54) is 22.4 Å². The fourth-order valence-electron chi connectivity index (χ4n) is 2.77. The van der Waals surface area contributed by atoms with Crippen LogP contribution in [0.15, 0.2) is 53.6 Å². The Hall–Kier alpha value is -2.18. The first-order valence-electron chi connectivity index (χ1n) is 6.11. The molecule has 2 aromatic rings. The van der Waals surface area contributed by atoms with Gasteiger partial charge < -0.3 is 4.90 Å². The van der Waals surface area contributed by atoms with Gasteiger partial charge >= 0.3 is 0 Å². The molecule has 0 aromatic heterocycles. The number of para-hydroxylation sites is 1. The van der Waals surface area contributed by atoms with Gasteiger partial charge in [0.2, 0.25) is 5.03 Å². The maximum absolute atomic E-state index is 7.37. The first kappa shape index (κ1) is 10.7. The van der Waals surface area contributed by atoms with Crippen LogP contribution in [-0.4, -0.2) is 5.88 Å². The van der Waals surface area contributed by atoms with Crippen molar-refractivity contribution in [2.45, 2.75) is 0 Å². The Balaban J connectivity index is 2.11. The smallest absolute Gasteiger partial charge is 0.245 e. The molecule has 0 saturated carbocycles. The molecule has 0 radical (unpaired) electrons. The molecule has 0 spiro atoms. The van der Waals surface area contributed by atoms with Gasteiger partial charge in [0.15, 0.2) is 0 Å². The molecule has 0 bridgehead atoms. The lowest BCUT2D eigenvalue weighted by atomic mass is 9.92. The van der Waals surface area contributed by atoms with E-state index in [4.69, 9.17) is 6.57 Å². The van der Waals surface area contributed by atoms with Crippen molar-refractivity contribution in [3.63, 3.8) is 0 Å². The summed E-state index contributed by atoms with van der Waals surface area (Å²) in [6, 6.07) is 16.8. The van der Waals surface area contributed by atoms with Gasteiger partial charge in [-0.1, -0.05) is 42.5 Å². The maximum Gasteiger partial charge on any atom is 0.245 e. The summed E-state index contributed by atoms with van der Waals surface area (Å²) in [6.07, 6.45) is 0. The highest BCUT2D eigenvalue weighted by molar-refractivity contribution is 8.03. The van der Waals surface area contributed by atoms with Crippen LogP contribution >= 0.6 is 11.8 Å². The van der Waals surface area contributed by atoms with Crippen molar-refractivity contribution in [2.24, 2.45) is 0 Å². The van der Waals surface area contributed by atoms with Gasteiger partial charge in [-0.15, -0.1) is 11.8 Å². The van der Waals surface area contributed by atoms with E-state index in [2.05, 4.69) is 52.2 Å². The minimum atomic E-state index is 0.807. The second-order valence-corrected chi connectivity index (χ2v) is 5.46. The van der Waals surface area contributed by atoms with Crippen LogP contribution in [0.5, 0.6) is 0 Å². The molecule has 0 unspecified atom stereocenters. The monoisotopic (exact) mass is 262 g/mol. The fraction of sp³-hybridized carbons (Fsp3) is 0.0625. The molecule has 2 nitrogen and oxygen atoms in total. The molecule has 4 rings (SSSR count). The van der Waals surface area contributed by atoms with Gasteiger partial charge in [0.1, 0.15) is 0 Å². The SMILES string of the molecule is [C-]#[N+]C1=C2c3ccccc3-c3ccccc3N2CS1. The van der Waals surface area contributed by atoms with Crippen molar-refractivity contribution >= 4 is 23.1 Å². The molecule has 2 aliphatic heterocycles. The van der Waals surface area contributed by atoms with E-state index in [0.29, 0.717) is 0 Å². The van der Waals surface area contributed by atoms with Crippen molar-refractivity contribution in [3.05, 3.63) is 70.5 Å². The average molecular weight is 262 g/mol. The summed E-state index contributed by atoms with van der Waals surface area (Å²) >= 11 is 1.63. The zero-order valence-corrected chi connectivity index (χ0v) is 10.9. The quantitative estimate of drug-likeness (QED) is 0.649. The molecule has 0 amide bonds. The number of hydrogen-bond acceptors (Lipinski definition) is 2. The van der Waals surface area contributed by atoms with Crippen LogP contribution in [0, 0.1) is 6.57 Å². The predicted molar refractivity (Wildman–Crippen MR) is 80.3 cm³/mol. The number of rotatable bonds is 0. The van der Waals surface area contributed by atoms with E-state index >= 15 is 0 Å². The van der Waals surface area contributed by atoms with Gasteiger partial charge in [-0.25, -0.2) is 4.85 Å². The average Bonchev–Trinajstić information content (AvgIpc) is 2.92. The van der Waals surface area contributed by atoms with Gasteiger partial charge in [-0.3, -0.25) is 0 Å². The van der Waals surface area contributed by atoms with Crippen molar-refractivity contribution in [1.82, 2.24) is 0 Å². The van der Waals surface area contributed by atoms with Gasteiger partial charge in [0.25, 0.3) is 0 Å². The van der Waals surface area contributed by atoms with Crippen LogP contribution in [-0.2, 0) is 0 Å². The Morgan fingerprint density at radius 1 is 0.947 bits per heavy atom. The van der Waals surface area contributed by atoms with Gasteiger partial charge in [-0.2, -0.15) is 0 Å². The summed E-state index contributed by atoms with van der Waals surface area (Å²) < 4.78 is 0. The highest BCUT2D eigenvalue weighted by atomic mass is 32.2. The highest BCUT2D eigenvalue weighted by Gasteiger charge is 2.32. The van der Waals surface area contributed by atoms with E-state index in [0.717, 1.165) is 16.6 Å². The molecular weight excluding hydrogens is 252 g/mol. The van der Waals surface area contributed by atoms with E-state index < -0.39 is 0 Å². The molecule has 0 aliphatic carbocycles. The summed E-state index contributed by atoms with van der Waals surface area (Å²) in [5, 5.41) is 0.807. The summed E-state index contributed by atoms with van der Waals surface area (Å²) in [5.41, 5.74) is 5.95. The van der Waals surface area contributed by atoms with Crippen molar-refractivity contribution in [1.29, 1.82) is 0 Å². The van der Waals surface area contributed by atoms with E-state index in [-0.39, 0.29) is 0 Å². The Morgan fingerprint density at radius 2 is 1.63 bits per heavy atom. The van der Waals surface area contributed by atoms with Crippen LogP contribution in [0.25, 0.3) is 21.7 Å². The number of thioether (sulfide) groups is 1. The van der Waals surface area contributed by atoms with E-state index in [1.807, 2.05) is 6.07 Å². The standard InChI is InChI=1S/C16H10N2S/c1-17-16-15-13-8-3-2-6-11(13)12-7-4-5-9-14(12)18(15)10-19-16/h2-9H,10H2. The number of nitrogens with zero attached hydrogens (tertiary/aromatic N) is 2. The second-order valence-electron chi connectivity index (χ2n) is 4.53. The second kappa shape index (κ2) is 3.91. The summed E-state index contributed by atoms with van der Waals surface area (Å²) in [7, 11) is 0. The third kappa shape index (κ3) is 1.38. The number of anilines is 1. The molecule has 0 fully saturated rings. The molecule has 2 aromatic carbocycles. The molecule has 0 N–H and O–H groups in total. The molecule has 0 atom stereocenters. The normalized spacial score (nSPS) is 15.6. The third-order valence-electron chi connectivity index (χ3n) is 3.57. The molecular formula is C16H10N2S. The summed E-state index contributed by atoms with van der Waals surface area (Å²) in [6.45, 7) is 7.37. The van der Waals surface area contributed by atoms with E-state index in [1.54, 1.807) is 11.8 Å². The van der Waals surface area contributed by atoms with Crippen LogP contribution in [0.4, 0.5) is 5.69 Å². The molecule has 3 heteroatoms. The number of fused-ring (bicyclic) bond motifs is 6. The third-order valence-corrected chi connectivity index (χ3v) is 4.52. The summed E-state index contributed by atoms with van der Waals surface area (Å²) in [4.78, 5) is 5.95. The van der Waals surface area contributed by atoms with E-state index in [9.17, 15) is 0 Å². The Kier molecular flexibility index (Phi) is 2.20. The van der Waals surface area contributed by atoms with Crippen LogP contribution < -0.4 is 4.90 Å². The van der Waals surface area contributed by atoms with Gasteiger partial charge in [0, 0.05) is 11.3 Å². The zero-order valence-electron chi connectivity index (χ0n) is 10.1.